The molecule has 1 aromatic heterocycles. The Morgan fingerprint density at radius 2 is 2.50 bits per heavy atom. The summed E-state index contributed by atoms with van der Waals surface area (Å²) in [6.07, 6.45) is 3.21. The zero-order chi connectivity index (χ0) is 7.97. The van der Waals surface area contributed by atoms with Crippen molar-refractivity contribution in [2.24, 2.45) is 5.92 Å². The predicted octanol–water partition coefficient (Wildman–Crippen LogP) is 0.224. The molecule has 1 aromatic rings. The lowest BCUT2D eigenvalue weighted by Gasteiger charge is -2.19. The second-order valence-electron chi connectivity index (χ2n) is 3.81. The Balaban J connectivity index is 1.87. The fourth-order valence-electron chi connectivity index (χ4n) is 2.51. The average molecular weight is 164 g/mol. The maximum atomic E-state index is 4.15. The van der Waals surface area contributed by atoms with E-state index in [1.165, 1.54) is 26.1 Å². The minimum atomic E-state index is 0.650. The van der Waals surface area contributed by atoms with Gasteiger partial charge in [-0.25, -0.2) is 0 Å². The monoisotopic (exact) mass is 164 g/mol. The van der Waals surface area contributed by atoms with Crippen LogP contribution in [0.15, 0.2) is 6.20 Å². The molecule has 0 amide bonds. The van der Waals surface area contributed by atoms with Crippen molar-refractivity contribution < 1.29 is 0 Å². The standard InChI is InChI=1S/C8H12N4/c1-2-12-4-6(1)7(5-12)8-3-9-11-10-8/h3,6-7H,1-2,4-5H2,(H,9,10,11). The van der Waals surface area contributed by atoms with Crippen molar-refractivity contribution in [1.82, 2.24) is 20.3 Å². The van der Waals surface area contributed by atoms with E-state index in [9.17, 15) is 0 Å². The topological polar surface area (TPSA) is 44.8 Å². The molecule has 2 saturated heterocycles. The molecule has 0 aliphatic carbocycles. The number of nitrogens with one attached hydrogen (secondary N) is 1. The minimum absolute atomic E-state index is 0.650. The van der Waals surface area contributed by atoms with E-state index in [2.05, 4.69) is 20.3 Å². The largest absolute Gasteiger partial charge is 0.302 e. The van der Waals surface area contributed by atoms with Gasteiger partial charge in [-0.2, -0.15) is 15.4 Å². The molecule has 3 unspecified atom stereocenters. The summed E-state index contributed by atoms with van der Waals surface area (Å²) in [5, 5.41) is 10.7. The van der Waals surface area contributed by atoms with E-state index in [4.69, 9.17) is 0 Å². The van der Waals surface area contributed by atoms with Gasteiger partial charge in [0.25, 0.3) is 0 Å². The third kappa shape index (κ3) is 0.813. The molecule has 2 aliphatic heterocycles. The van der Waals surface area contributed by atoms with Crippen LogP contribution < -0.4 is 0 Å². The van der Waals surface area contributed by atoms with E-state index >= 15 is 0 Å². The highest BCUT2D eigenvalue weighted by Crippen LogP contribution is 2.38. The summed E-state index contributed by atoms with van der Waals surface area (Å²) in [6.45, 7) is 3.76. The first-order chi connectivity index (χ1) is 5.93. The van der Waals surface area contributed by atoms with Crippen molar-refractivity contribution in [3.8, 4) is 0 Å². The van der Waals surface area contributed by atoms with Gasteiger partial charge in [0.2, 0.25) is 0 Å². The smallest absolute Gasteiger partial charge is 0.0871 e. The Morgan fingerprint density at radius 3 is 3.08 bits per heavy atom. The first kappa shape index (κ1) is 6.60. The number of rotatable bonds is 1. The lowest BCUT2D eigenvalue weighted by Crippen LogP contribution is -2.22. The Bertz CT molecular complexity index is 269. The van der Waals surface area contributed by atoms with Gasteiger partial charge in [0.05, 0.1) is 11.9 Å². The Kier molecular flexibility index (Phi) is 1.26. The maximum Gasteiger partial charge on any atom is 0.0871 e. The lowest BCUT2D eigenvalue weighted by molar-refractivity contribution is 0.344. The number of aromatic nitrogens is 3. The molecule has 4 heteroatoms. The van der Waals surface area contributed by atoms with E-state index < -0.39 is 0 Å². The van der Waals surface area contributed by atoms with E-state index in [-0.39, 0.29) is 0 Å². The SMILES string of the molecule is c1n[nH]nc1C1CN2CCC1C2. The van der Waals surface area contributed by atoms with Crippen molar-refractivity contribution in [3.63, 3.8) is 0 Å². The van der Waals surface area contributed by atoms with Crippen LogP contribution in [0.1, 0.15) is 18.0 Å². The molecule has 2 aliphatic rings. The molecule has 4 nitrogen and oxygen atoms in total. The molecule has 64 valence electrons. The average Bonchev–Trinajstić information content (AvgIpc) is 2.81. The molecule has 12 heavy (non-hydrogen) atoms. The maximum absolute atomic E-state index is 4.15. The normalized spacial score (nSPS) is 39.2. The molecule has 3 atom stereocenters. The molecule has 1 N–H and O–H groups in total. The third-order valence-electron chi connectivity index (χ3n) is 3.15. The van der Waals surface area contributed by atoms with E-state index in [0.717, 1.165) is 11.6 Å². The Hall–Kier alpha value is -0.900. The lowest BCUT2D eigenvalue weighted by atomic mass is 9.90. The van der Waals surface area contributed by atoms with Crippen LogP contribution in [0.4, 0.5) is 0 Å². The Labute approximate surface area is 71.0 Å². The first-order valence-electron chi connectivity index (χ1n) is 4.51. The highest BCUT2D eigenvalue weighted by Gasteiger charge is 2.39. The van der Waals surface area contributed by atoms with Gasteiger partial charge in [-0.1, -0.05) is 0 Å². The quantitative estimate of drug-likeness (QED) is 0.646. The van der Waals surface area contributed by atoms with Crippen LogP contribution >= 0.6 is 0 Å². The van der Waals surface area contributed by atoms with Crippen LogP contribution in [0.5, 0.6) is 0 Å². The van der Waals surface area contributed by atoms with Gasteiger partial charge in [-0.15, -0.1) is 0 Å². The molecule has 2 fully saturated rings. The second-order valence-corrected chi connectivity index (χ2v) is 3.81. The highest BCUT2D eigenvalue weighted by atomic mass is 15.3. The Morgan fingerprint density at radius 1 is 1.50 bits per heavy atom. The van der Waals surface area contributed by atoms with Crippen LogP contribution in [0.25, 0.3) is 0 Å². The summed E-state index contributed by atoms with van der Waals surface area (Å²) in [4.78, 5) is 2.52. The molecule has 0 radical (unpaired) electrons. The molecule has 2 bridgehead atoms. The predicted molar refractivity (Wildman–Crippen MR) is 43.7 cm³/mol. The summed E-state index contributed by atoms with van der Waals surface area (Å²) >= 11 is 0. The van der Waals surface area contributed by atoms with E-state index in [1.54, 1.807) is 0 Å². The van der Waals surface area contributed by atoms with E-state index in [0.29, 0.717) is 5.92 Å². The van der Waals surface area contributed by atoms with Gasteiger partial charge in [0.1, 0.15) is 0 Å². The first-order valence-corrected chi connectivity index (χ1v) is 4.51. The van der Waals surface area contributed by atoms with Gasteiger partial charge in [-0.3, -0.25) is 0 Å². The molecule has 3 heterocycles. The van der Waals surface area contributed by atoms with Crippen LogP contribution in [-0.2, 0) is 0 Å². The molecular weight excluding hydrogens is 152 g/mol. The molecule has 0 spiro atoms. The van der Waals surface area contributed by atoms with Crippen molar-refractivity contribution in [1.29, 1.82) is 0 Å². The third-order valence-corrected chi connectivity index (χ3v) is 3.15. The van der Waals surface area contributed by atoms with Gasteiger partial charge in [0, 0.05) is 19.0 Å². The van der Waals surface area contributed by atoms with Gasteiger partial charge < -0.3 is 4.90 Å². The minimum Gasteiger partial charge on any atom is -0.302 e. The summed E-state index contributed by atoms with van der Waals surface area (Å²) in [5.41, 5.74) is 1.15. The zero-order valence-electron chi connectivity index (χ0n) is 6.90. The van der Waals surface area contributed by atoms with Crippen LogP contribution in [0.2, 0.25) is 0 Å². The molecule has 3 rings (SSSR count). The van der Waals surface area contributed by atoms with Crippen molar-refractivity contribution >= 4 is 0 Å². The molecule has 0 saturated carbocycles. The number of fused-ring (bicyclic) bond motifs is 2. The van der Waals surface area contributed by atoms with Crippen LogP contribution in [0.3, 0.4) is 0 Å². The zero-order valence-corrected chi connectivity index (χ0v) is 6.90. The van der Waals surface area contributed by atoms with E-state index in [1.807, 2.05) is 6.20 Å². The summed E-state index contributed by atoms with van der Waals surface area (Å²) in [5.74, 6) is 1.49. The summed E-state index contributed by atoms with van der Waals surface area (Å²) < 4.78 is 0. The van der Waals surface area contributed by atoms with Crippen molar-refractivity contribution in [2.45, 2.75) is 12.3 Å². The second kappa shape index (κ2) is 2.29. The number of nitrogens with zero attached hydrogens (tertiary/aromatic N) is 3. The van der Waals surface area contributed by atoms with Crippen LogP contribution in [-0.4, -0.2) is 39.9 Å². The fourth-order valence-corrected chi connectivity index (χ4v) is 2.51. The number of hydrogen-bond donors (Lipinski definition) is 1. The van der Waals surface area contributed by atoms with Gasteiger partial charge >= 0.3 is 0 Å². The highest BCUT2D eigenvalue weighted by molar-refractivity contribution is 5.10. The van der Waals surface area contributed by atoms with Gasteiger partial charge in [0.15, 0.2) is 0 Å². The molecular formula is C8H12N4. The van der Waals surface area contributed by atoms with Crippen LogP contribution in [0, 0.1) is 5.92 Å². The summed E-state index contributed by atoms with van der Waals surface area (Å²) in [7, 11) is 0. The summed E-state index contributed by atoms with van der Waals surface area (Å²) in [6, 6.07) is 0. The number of piperidine rings is 1. The number of H-pyrrole nitrogens is 1. The van der Waals surface area contributed by atoms with Crippen molar-refractivity contribution in [3.05, 3.63) is 11.9 Å². The fraction of sp³-hybridized carbons (Fsp3) is 0.750. The van der Waals surface area contributed by atoms with Crippen molar-refractivity contribution in [2.75, 3.05) is 19.6 Å². The number of aromatic amines is 1. The van der Waals surface area contributed by atoms with Gasteiger partial charge in [-0.05, 0) is 18.9 Å². The number of hydrogen-bond acceptors (Lipinski definition) is 3. The molecule has 0 aromatic carbocycles.